The second kappa shape index (κ2) is 3.67. The second-order valence-electron chi connectivity index (χ2n) is 2.42. The van der Waals surface area contributed by atoms with Crippen LogP contribution in [0.1, 0.15) is 23.2 Å². The minimum Gasteiger partial charge on any atom is -0.235 e. The van der Waals surface area contributed by atoms with Crippen LogP contribution >= 0.6 is 11.6 Å². The molecule has 1 rings (SSSR count). The summed E-state index contributed by atoms with van der Waals surface area (Å²) < 4.78 is 24.3. The Morgan fingerprint density at radius 1 is 1.62 bits per heavy atom. The van der Waals surface area contributed by atoms with Gasteiger partial charge >= 0.3 is 0 Å². The molecule has 0 aliphatic rings. The summed E-state index contributed by atoms with van der Waals surface area (Å²) in [5.74, 6) is 0. The van der Waals surface area contributed by atoms with E-state index in [4.69, 9.17) is 16.9 Å². The normalized spacial score (nSPS) is 10.2. The molecule has 0 amide bonds. The number of hydrogen-bond acceptors (Lipinski definition) is 2. The number of hydrogen-bond donors (Lipinski definition) is 0. The van der Waals surface area contributed by atoms with Crippen LogP contribution in [0.4, 0.5) is 8.78 Å². The molecule has 0 aliphatic carbocycles. The van der Waals surface area contributed by atoms with Gasteiger partial charge < -0.3 is 0 Å². The predicted molar refractivity (Wildman–Crippen MR) is 43.7 cm³/mol. The first-order valence-corrected chi connectivity index (χ1v) is 3.79. The van der Waals surface area contributed by atoms with E-state index in [9.17, 15) is 8.78 Å². The Kier molecular flexibility index (Phi) is 2.79. The van der Waals surface area contributed by atoms with Crippen molar-refractivity contribution in [3.63, 3.8) is 0 Å². The summed E-state index contributed by atoms with van der Waals surface area (Å²) in [7, 11) is 0. The monoisotopic (exact) mass is 202 g/mol. The third-order valence-corrected chi connectivity index (χ3v) is 1.94. The van der Waals surface area contributed by atoms with Crippen molar-refractivity contribution in [2.45, 2.75) is 13.3 Å². The summed E-state index contributed by atoms with van der Waals surface area (Å²) in [5, 5.41) is 8.52. The Labute approximate surface area is 78.8 Å². The van der Waals surface area contributed by atoms with Crippen LogP contribution < -0.4 is 0 Å². The molecule has 2 nitrogen and oxygen atoms in total. The zero-order valence-electron chi connectivity index (χ0n) is 6.68. The average molecular weight is 203 g/mol. The van der Waals surface area contributed by atoms with Gasteiger partial charge in [0, 0.05) is 5.56 Å². The van der Waals surface area contributed by atoms with E-state index in [1.165, 1.54) is 0 Å². The molecule has 68 valence electrons. The molecular weight excluding hydrogens is 198 g/mol. The lowest BCUT2D eigenvalue weighted by Gasteiger charge is -2.03. The molecule has 1 aromatic heterocycles. The third kappa shape index (κ3) is 1.93. The van der Waals surface area contributed by atoms with Crippen LogP contribution in [0.15, 0.2) is 6.07 Å². The number of nitriles is 1. The SMILES string of the molecule is Cc1c(C#N)cc(C(F)F)nc1Cl. The van der Waals surface area contributed by atoms with E-state index >= 15 is 0 Å². The zero-order valence-corrected chi connectivity index (χ0v) is 7.44. The van der Waals surface area contributed by atoms with Gasteiger partial charge in [-0.25, -0.2) is 13.8 Å². The first kappa shape index (κ1) is 9.87. The van der Waals surface area contributed by atoms with E-state index in [1.807, 2.05) is 0 Å². The third-order valence-electron chi connectivity index (χ3n) is 1.58. The molecule has 0 atom stereocenters. The summed E-state index contributed by atoms with van der Waals surface area (Å²) in [6, 6.07) is 2.82. The lowest BCUT2D eigenvalue weighted by molar-refractivity contribution is 0.146. The average Bonchev–Trinajstić information content (AvgIpc) is 2.09. The minimum absolute atomic E-state index is 0.0469. The van der Waals surface area contributed by atoms with Crippen molar-refractivity contribution >= 4 is 11.6 Å². The van der Waals surface area contributed by atoms with Gasteiger partial charge in [0.25, 0.3) is 6.43 Å². The zero-order chi connectivity index (χ0) is 10.0. The van der Waals surface area contributed by atoms with E-state index < -0.39 is 12.1 Å². The van der Waals surface area contributed by atoms with Gasteiger partial charge in [-0.05, 0) is 13.0 Å². The summed E-state index contributed by atoms with van der Waals surface area (Å²) in [6.07, 6.45) is -2.70. The van der Waals surface area contributed by atoms with Crippen LogP contribution in [-0.2, 0) is 0 Å². The van der Waals surface area contributed by atoms with Crippen molar-refractivity contribution in [3.05, 3.63) is 28.0 Å². The number of nitrogens with zero attached hydrogens (tertiary/aromatic N) is 2. The van der Waals surface area contributed by atoms with Gasteiger partial charge in [-0.2, -0.15) is 5.26 Å². The van der Waals surface area contributed by atoms with Crippen LogP contribution in [0.2, 0.25) is 5.15 Å². The van der Waals surface area contributed by atoms with Crippen molar-refractivity contribution in [2.24, 2.45) is 0 Å². The van der Waals surface area contributed by atoms with Crippen molar-refractivity contribution in [3.8, 4) is 6.07 Å². The van der Waals surface area contributed by atoms with Crippen molar-refractivity contribution < 1.29 is 8.78 Å². The predicted octanol–water partition coefficient (Wildman–Crippen LogP) is 2.85. The number of aromatic nitrogens is 1. The van der Waals surface area contributed by atoms with Crippen molar-refractivity contribution in [1.29, 1.82) is 5.26 Å². The summed E-state index contributed by atoms with van der Waals surface area (Å²) >= 11 is 5.55. The van der Waals surface area contributed by atoms with E-state index in [0.29, 0.717) is 5.56 Å². The Hall–Kier alpha value is -1.21. The molecular formula is C8H5ClF2N2. The minimum atomic E-state index is -2.70. The Bertz CT molecular complexity index is 371. The van der Waals surface area contributed by atoms with Crippen molar-refractivity contribution in [1.82, 2.24) is 4.98 Å². The highest BCUT2D eigenvalue weighted by molar-refractivity contribution is 6.30. The van der Waals surface area contributed by atoms with E-state index in [1.54, 1.807) is 13.0 Å². The summed E-state index contributed by atoms with van der Waals surface area (Å²) in [4.78, 5) is 3.45. The van der Waals surface area contributed by atoms with Gasteiger partial charge in [0.15, 0.2) is 0 Å². The molecule has 0 radical (unpaired) electrons. The molecule has 0 saturated heterocycles. The molecule has 0 N–H and O–H groups in total. The number of rotatable bonds is 1. The molecule has 0 spiro atoms. The van der Waals surface area contributed by atoms with Crippen molar-refractivity contribution in [2.75, 3.05) is 0 Å². The van der Waals surface area contributed by atoms with Gasteiger partial charge in [-0.3, -0.25) is 0 Å². The highest BCUT2D eigenvalue weighted by Crippen LogP contribution is 2.23. The maximum atomic E-state index is 12.2. The van der Waals surface area contributed by atoms with Crippen LogP contribution in [0, 0.1) is 18.3 Å². The largest absolute Gasteiger partial charge is 0.280 e. The molecule has 5 heteroatoms. The highest BCUT2D eigenvalue weighted by Gasteiger charge is 2.13. The quantitative estimate of drug-likeness (QED) is 0.657. The lowest BCUT2D eigenvalue weighted by Crippen LogP contribution is -1.95. The maximum Gasteiger partial charge on any atom is 0.280 e. The van der Waals surface area contributed by atoms with Crippen LogP contribution in [0.3, 0.4) is 0 Å². The van der Waals surface area contributed by atoms with E-state index in [-0.39, 0.29) is 10.7 Å². The van der Waals surface area contributed by atoms with E-state index in [2.05, 4.69) is 4.98 Å². The topological polar surface area (TPSA) is 36.7 Å². The van der Waals surface area contributed by atoms with Gasteiger partial charge in [0.1, 0.15) is 10.8 Å². The molecule has 0 saturated carbocycles. The molecule has 1 heterocycles. The molecule has 0 aliphatic heterocycles. The first-order chi connectivity index (χ1) is 6.06. The number of pyridine rings is 1. The van der Waals surface area contributed by atoms with Crippen LogP contribution in [0.25, 0.3) is 0 Å². The highest BCUT2D eigenvalue weighted by atomic mass is 35.5. The molecule has 0 bridgehead atoms. The van der Waals surface area contributed by atoms with Gasteiger partial charge in [-0.15, -0.1) is 0 Å². The molecule has 13 heavy (non-hydrogen) atoms. The fraction of sp³-hybridized carbons (Fsp3) is 0.250. The number of halogens is 3. The fourth-order valence-corrected chi connectivity index (χ4v) is 1.02. The van der Waals surface area contributed by atoms with Crippen LogP contribution in [-0.4, -0.2) is 4.98 Å². The van der Waals surface area contributed by atoms with Gasteiger partial charge in [0.05, 0.1) is 11.6 Å². The molecule has 1 aromatic rings. The lowest BCUT2D eigenvalue weighted by atomic mass is 10.1. The smallest absolute Gasteiger partial charge is 0.235 e. The Balaban J connectivity index is 3.32. The van der Waals surface area contributed by atoms with Gasteiger partial charge in [0.2, 0.25) is 0 Å². The molecule has 0 aromatic carbocycles. The standard InChI is InChI=1S/C8H5ClF2N2/c1-4-5(3-12)2-6(8(10)11)13-7(4)9/h2,8H,1H3. The molecule has 0 unspecified atom stereocenters. The first-order valence-electron chi connectivity index (χ1n) is 3.41. The Morgan fingerprint density at radius 2 is 2.23 bits per heavy atom. The number of alkyl halides is 2. The second-order valence-corrected chi connectivity index (χ2v) is 2.78. The molecule has 0 fully saturated rings. The van der Waals surface area contributed by atoms with E-state index in [0.717, 1.165) is 6.07 Å². The fourth-order valence-electron chi connectivity index (χ4n) is 0.825. The Morgan fingerprint density at radius 3 is 2.69 bits per heavy atom. The summed E-state index contributed by atoms with van der Waals surface area (Å²) in [5.41, 5.74) is 0.0935. The van der Waals surface area contributed by atoms with Crippen LogP contribution in [0.5, 0.6) is 0 Å². The summed E-state index contributed by atoms with van der Waals surface area (Å²) in [6.45, 7) is 1.56. The van der Waals surface area contributed by atoms with Gasteiger partial charge in [-0.1, -0.05) is 11.6 Å². The maximum absolute atomic E-state index is 12.2.